The number of carboxylic acid groups (broad SMARTS) is 1. The summed E-state index contributed by atoms with van der Waals surface area (Å²) in [6.07, 6.45) is 3.67. The number of carbonyl (C=O) groups is 1. The SMILES string of the molecule is O=C(O)COc1ccc(C(=S)N2CCCCC2)cc1. The first-order valence-corrected chi connectivity index (χ1v) is 6.81. The molecule has 0 aliphatic carbocycles. The number of hydrogen-bond acceptors (Lipinski definition) is 3. The van der Waals surface area contributed by atoms with Gasteiger partial charge in [0.25, 0.3) is 0 Å². The van der Waals surface area contributed by atoms with Crippen LogP contribution in [0.15, 0.2) is 24.3 Å². The quantitative estimate of drug-likeness (QED) is 0.857. The Kier molecular flexibility index (Phi) is 4.74. The summed E-state index contributed by atoms with van der Waals surface area (Å²) in [6, 6.07) is 7.28. The summed E-state index contributed by atoms with van der Waals surface area (Å²) in [7, 11) is 0. The number of likely N-dealkylation sites (tertiary alicyclic amines) is 1. The standard InChI is InChI=1S/C14H17NO3S/c16-13(17)10-18-12-6-4-11(5-7-12)14(19)15-8-2-1-3-9-15/h4-7H,1-3,8-10H2,(H,16,17). The van der Waals surface area contributed by atoms with Gasteiger partial charge in [-0.2, -0.15) is 0 Å². The third-order valence-electron chi connectivity index (χ3n) is 3.11. The number of thiocarbonyl (C=S) groups is 1. The first-order chi connectivity index (χ1) is 9.16. The molecule has 0 spiro atoms. The maximum absolute atomic E-state index is 10.4. The van der Waals surface area contributed by atoms with Crippen molar-refractivity contribution in [3.8, 4) is 5.75 Å². The van der Waals surface area contributed by atoms with Crippen LogP contribution in [0.25, 0.3) is 0 Å². The van der Waals surface area contributed by atoms with E-state index in [-0.39, 0.29) is 6.61 Å². The highest BCUT2D eigenvalue weighted by molar-refractivity contribution is 7.80. The maximum atomic E-state index is 10.4. The second-order valence-electron chi connectivity index (χ2n) is 4.56. The topological polar surface area (TPSA) is 49.8 Å². The van der Waals surface area contributed by atoms with Crippen molar-refractivity contribution in [2.45, 2.75) is 19.3 Å². The molecule has 1 aliphatic heterocycles. The molecular weight excluding hydrogens is 262 g/mol. The number of piperidine rings is 1. The molecule has 1 fully saturated rings. The zero-order valence-electron chi connectivity index (χ0n) is 10.7. The van der Waals surface area contributed by atoms with Crippen molar-refractivity contribution >= 4 is 23.2 Å². The Balaban J connectivity index is 1.97. The number of aliphatic carboxylic acids is 1. The van der Waals surface area contributed by atoms with Gasteiger partial charge in [0.1, 0.15) is 10.7 Å². The average Bonchev–Trinajstić information content (AvgIpc) is 2.46. The van der Waals surface area contributed by atoms with Crippen molar-refractivity contribution in [3.05, 3.63) is 29.8 Å². The lowest BCUT2D eigenvalue weighted by atomic mass is 10.1. The van der Waals surface area contributed by atoms with E-state index in [0.717, 1.165) is 23.6 Å². The summed E-state index contributed by atoms with van der Waals surface area (Å²) in [5.74, 6) is -0.430. The van der Waals surface area contributed by atoms with Gasteiger partial charge in [0, 0.05) is 18.7 Å². The highest BCUT2D eigenvalue weighted by Crippen LogP contribution is 2.17. The van der Waals surface area contributed by atoms with Crippen molar-refractivity contribution in [2.75, 3.05) is 19.7 Å². The molecule has 2 rings (SSSR count). The minimum atomic E-state index is -0.979. The van der Waals surface area contributed by atoms with Gasteiger partial charge in [-0.1, -0.05) is 12.2 Å². The first-order valence-electron chi connectivity index (χ1n) is 6.41. The number of ether oxygens (including phenoxy) is 1. The second-order valence-corrected chi connectivity index (χ2v) is 4.95. The molecule has 0 unspecified atom stereocenters. The lowest BCUT2D eigenvalue weighted by Crippen LogP contribution is -2.34. The van der Waals surface area contributed by atoms with Crippen LogP contribution in [0.2, 0.25) is 0 Å². The Labute approximate surface area is 118 Å². The predicted molar refractivity (Wildman–Crippen MR) is 76.7 cm³/mol. The Morgan fingerprint density at radius 3 is 2.42 bits per heavy atom. The van der Waals surface area contributed by atoms with Crippen LogP contribution in [0.4, 0.5) is 0 Å². The van der Waals surface area contributed by atoms with Crippen LogP contribution in [0, 0.1) is 0 Å². The van der Waals surface area contributed by atoms with Crippen molar-refractivity contribution in [3.63, 3.8) is 0 Å². The molecule has 5 heteroatoms. The van der Waals surface area contributed by atoms with Crippen molar-refractivity contribution in [1.29, 1.82) is 0 Å². The summed E-state index contributed by atoms with van der Waals surface area (Å²) >= 11 is 5.48. The minimum Gasteiger partial charge on any atom is -0.482 e. The maximum Gasteiger partial charge on any atom is 0.341 e. The zero-order chi connectivity index (χ0) is 13.7. The molecule has 0 atom stereocenters. The molecule has 1 N–H and O–H groups in total. The average molecular weight is 279 g/mol. The zero-order valence-corrected chi connectivity index (χ0v) is 11.5. The van der Waals surface area contributed by atoms with Crippen molar-refractivity contribution in [1.82, 2.24) is 4.90 Å². The molecule has 0 aromatic heterocycles. The van der Waals surface area contributed by atoms with Gasteiger partial charge in [-0.25, -0.2) is 4.79 Å². The Bertz CT molecular complexity index is 452. The van der Waals surface area contributed by atoms with E-state index in [0.29, 0.717) is 5.75 Å². The summed E-state index contributed by atoms with van der Waals surface area (Å²) in [6.45, 7) is 1.72. The van der Waals surface area contributed by atoms with Gasteiger partial charge in [-0.3, -0.25) is 0 Å². The molecule has 0 saturated carbocycles. The van der Waals surface area contributed by atoms with E-state index in [4.69, 9.17) is 22.1 Å². The number of benzene rings is 1. The van der Waals surface area contributed by atoms with Gasteiger partial charge < -0.3 is 14.7 Å². The van der Waals surface area contributed by atoms with Crippen LogP contribution in [0.3, 0.4) is 0 Å². The van der Waals surface area contributed by atoms with Gasteiger partial charge in [-0.05, 0) is 43.5 Å². The Morgan fingerprint density at radius 1 is 1.21 bits per heavy atom. The molecule has 1 aliphatic rings. The predicted octanol–water partition coefficient (Wildman–Crippen LogP) is 2.31. The van der Waals surface area contributed by atoms with Crippen molar-refractivity contribution in [2.24, 2.45) is 0 Å². The molecule has 4 nitrogen and oxygen atoms in total. The molecule has 1 aromatic rings. The Morgan fingerprint density at radius 2 is 1.84 bits per heavy atom. The number of carboxylic acids is 1. The highest BCUT2D eigenvalue weighted by Gasteiger charge is 2.14. The molecule has 102 valence electrons. The van der Waals surface area contributed by atoms with Crippen LogP contribution in [-0.2, 0) is 4.79 Å². The first kappa shape index (κ1) is 13.8. The summed E-state index contributed by atoms with van der Waals surface area (Å²) in [5.41, 5.74) is 0.986. The van der Waals surface area contributed by atoms with Gasteiger partial charge in [-0.15, -0.1) is 0 Å². The largest absolute Gasteiger partial charge is 0.482 e. The van der Waals surface area contributed by atoms with Crippen LogP contribution in [-0.4, -0.2) is 40.7 Å². The van der Waals surface area contributed by atoms with Crippen LogP contribution in [0.1, 0.15) is 24.8 Å². The molecule has 0 amide bonds. The monoisotopic (exact) mass is 279 g/mol. The van der Waals surface area contributed by atoms with Crippen LogP contribution < -0.4 is 4.74 Å². The summed E-state index contributed by atoms with van der Waals surface area (Å²) < 4.78 is 5.09. The number of rotatable bonds is 4. The second kappa shape index (κ2) is 6.52. The van der Waals surface area contributed by atoms with E-state index in [9.17, 15) is 4.79 Å². The van der Waals surface area contributed by atoms with E-state index < -0.39 is 5.97 Å². The van der Waals surface area contributed by atoms with E-state index >= 15 is 0 Å². The number of hydrogen-bond donors (Lipinski definition) is 1. The molecule has 0 bridgehead atoms. The third kappa shape index (κ3) is 3.92. The highest BCUT2D eigenvalue weighted by atomic mass is 32.1. The van der Waals surface area contributed by atoms with E-state index in [1.54, 1.807) is 12.1 Å². The summed E-state index contributed by atoms with van der Waals surface area (Å²) in [5, 5.41) is 8.54. The number of nitrogens with zero attached hydrogens (tertiary/aromatic N) is 1. The molecular formula is C14H17NO3S. The third-order valence-corrected chi connectivity index (χ3v) is 3.60. The molecule has 19 heavy (non-hydrogen) atoms. The Hall–Kier alpha value is -1.62. The fourth-order valence-electron chi connectivity index (χ4n) is 2.12. The van der Waals surface area contributed by atoms with Crippen molar-refractivity contribution < 1.29 is 14.6 Å². The van der Waals surface area contributed by atoms with Gasteiger partial charge >= 0.3 is 5.97 Å². The van der Waals surface area contributed by atoms with Crippen LogP contribution >= 0.6 is 12.2 Å². The molecule has 1 aromatic carbocycles. The van der Waals surface area contributed by atoms with Gasteiger partial charge in [0.05, 0.1) is 0 Å². The van der Waals surface area contributed by atoms with E-state index in [1.165, 1.54) is 19.3 Å². The van der Waals surface area contributed by atoms with Gasteiger partial charge in [0.2, 0.25) is 0 Å². The van der Waals surface area contributed by atoms with Gasteiger partial charge in [0.15, 0.2) is 6.61 Å². The molecule has 1 heterocycles. The molecule has 0 radical (unpaired) electrons. The lowest BCUT2D eigenvalue weighted by Gasteiger charge is -2.29. The normalized spacial score (nSPS) is 15.1. The summed E-state index contributed by atoms with van der Waals surface area (Å²) in [4.78, 5) is 13.5. The minimum absolute atomic E-state index is 0.323. The van der Waals surface area contributed by atoms with E-state index in [1.807, 2.05) is 12.1 Å². The van der Waals surface area contributed by atoms with E-state index in [2.05, 4.69) is 4.90 Å². The fraction of sp³-hybridized carbons (Fsp3) is 0.429. The molecule has 1 saturated heterocycles. The lowest BCUT2D eigenvalue weighted by molar-refractivity contribution is -0.139. The fourth-order valence-corrected chi connectivity index (χ4v) is 2.44. The van der Waals surface area contributed by atoms with Crippen LogP contribution in [0.5, 0.6) is 5.75 Å². The smallest absolute Gasteiger partial charge is 0.341 e.